The average Bonchev–Trinajstić information content (AvgIpc) is 2.52. The van der Waals surface area contributed by atoms with E-state index in [-0.39, 0.29) is 11.4 Å². The van der Waals surface area contributed by atoms with Crippen LogP contribution in [0.25, 0.3) is 0 Å². The van der Waals surface area contributed by atoms with Crippen LogP contribution in [0.1, 0.15) is 37.7 Å². The molecule has 122 valence electrons. The number of aryl methyl sites for hydroxylation is 1. The summed E-state index contributed by atoms with van der Waals surface area (Å²) in [5, 5.41) is 0. The average molecular weight is 325 g/mol. The van der Waals surface area contributed by atoms with Crippen molar-refractivity contribution in [3.63, 3.8) is 0 Å². The predicted molar refractivity (Wildman–Crippen MR) is 83.9 cm³/mol. The van der Waals surface area contributed by atoms with E-state index in [4.69, 9.17) is 4.74 Å². The Hall–Kier alpha value is -1.40. The van der Waals surface area contributed by atoms with Crippen molar-refractivity contribution < 1.29 is 17.9 Å². The van der Waals surface area contributed by atoms with Crippen LogP contribution < -0.4 is 4.72 Å². The summed E-state index contributed by atoms with van der Waals surface area (Å²) < 4.78 is 31.5. The van der Waals surface area contributed by atoms with E-state index in [2.05, 4.69) is 4.72 Å². The van der Waals surface area contributed by atoms with Gasteiger partial charge in [0, 0.05) is 0 Å². The summed E-state index contributed by atoms with van der Waals surface area (Å²) in [5.74, 6) is -0.104. The first-order chi connectivity index (χ1) is 10.5. The molecule has 1 aromatic carbocycles. The highest BCUT2D eigenvalue weighted by molar-refractivity contribution is 7.89. The molecule has 0 spiro atoms. The number of carbonyl (C=O) groups is 1. The molecule has 0 amide bonds. The van der Waals surface area contributed by atoms with Gasteiger partial charge in [-0.3, -0.25) is 4.79 Å². The van der Waals surface area contributed by atoms with E-state index in [0.29, 0.717) is 12.5 Å². The van der Waals surface area contributed by atoms with Crippen LogP contribution in [-0.4, -0.2) is 27.5 Å². The fourth-order valence-electron chi connectivity index (χ4n) is 2.57. The van der Waals surface area contributed by atoms with Crippen molar-refractivity contribution in [3.05, 3.63) is 29.8 Å². The second-order valence-corrected chi connectivity index (χ2v) is 7.59. The van der Waals surface area contributed by atoms with E-state index < -0.39 is 16.0 Å². The van der Waals surface area contributed by atoms with Crippen LogP contribution in [0.2, 0.25) is 0 Å². The van der Waals surface area contributed by atoms with Gasteiger partial charge in [0.2, 0.25) is 10.0 Å². The SMILES string of the molecule is Cc1ccc(S(=O)(=O)NCC(=O)OCC2CCCCC2)cc1. The van der Waals surface area contributed by atoms with Crippen LogP contribution in [0.3, 0.4) is 0 Å². The molecule has 1 saturated carbocycles. The maximum Gasteiger partial charge on any atom is 0.321 e. The van der Waals surface area contributed by atoms with E-state index in [9.17, 15) is 13.2 Å². The summed E-state index contributed by atoms with van der Waals surface area (Å²) >= 11 is 0. The minimum absolute atomic E-state index is 0.151. The van der Waals surface area contributed by atoms with Crippen molar-refractivity contribution in [3.8, 4) is 0 Å². The molecule has 0 heterocycles. The minimum Gasteiger partial charge on any atom is -0.464 e. The highest BCUT2D eigenvalue weighted by atomic mass is 32.2. The van der Waals surface area contributed by atoms with Gasteiger partial charge in [-0.25, -0.2) is 8.42 Å². The number of carbonyl (C=O) groups excluding carboxylic acids is 1. The van der Waals surface area contributed by atoms with Gasteiger partial charge in [0.05, 0.1) is 11.5 Å². The Labute approximate surface area is 132 Å². The van der Waals surface area contributed by atoms with Crippen LogP contribution in [0.5, 0.6) is 0 Å². The first kappa shape index (κ1) is 17.0. The van der Waals surface area contributed by atoms with Gasteiger partial charge < -0.3 is 4.74 Å². The largest absolute Gasteiger partial charge is 0.464 e. The van der Waals surface area contributed by atoms with Crippen molar-refractivity contribution in [1.29, 1.82) is 0 Å². The Bertz CT molecular complexity index is 589. The van der Waals surface area contributed by atoms with Gasteiger partial charge in [-0.15, -0.1) is 0 Å². The van der Waals surface area contributed by atoms with Gasteiger partial charge in [-0.2, -0.15) is 4.72 Å². The van der Waals surface area contributed by atoms with E-state index in [0.717, 1.165) is 18.4 Å². The molecule has 1 fully saturated rings. The smallest absolute Gasteiger partial charge is 0.321 e. The zero-order chi connectivity index (χ0) is 16.0. The van der Waals surface area contributed by atoms with Crippen LogP contribution in [0, 0.1) is 12.8 Å². The minimum atomic E-state index is -3.67. The maximum atomic E-state index is 12.0. The Morgan fingerprint density at radius 2 is 1.82 bits per heavy atom. The number of hydrogen-bond acceptors (Lipinski definition) is 4. The van der Waals surface area contributed by atoms with E-state index in [1.807, 2.05) is 6.92 Å². The normalized spacial score (nSPS) is 16.4. The third kappa shape index (κ3) is 5.10. The lowest BCUT2D eigenvalue weighted by molar-refractivity contribution is -0.143. The molecule has 0 radical (unpaired) electrons. The van der Waals surface area contributed by atoms with Crippen molar-refractivity contribution in [2.24, 2.45) is 5.92 Å². The van der Waals surface area contributed by atoms with E-state index in [1.54, 1.807) is 12.1 Å². The molecule has 1 aliphatic rings. The Balaban J connectivity index is 1.78. The molecule has 0 unspecified atom stereocenters. The second kappa shape index (κ2) is 7.74. The van der Waals surface area contributed by atoms with Gasteiger partial charge in [0.25, 0.3) is 0 Å². The van der Waals surface area contributed by atoms with Gasteiger partial charge in [0.1, 0.15) is 6.54 Å². The number of hydrogen-bond donors (Lipinski definition) is 1. The summed E-state index contributed by atoms with van der Waals surface area (Å²) in [6, 6.07) is 6.47. The van der Waals surface area contributed by atoms with Gasteiger partial charge >= 0.3 is 5.97 Å². The Morgan fingerprint density at radius 3 is 2.45 bits per heavy atom. The van der Waals surface area contributed by atoms with Crippen LogP contribution in [0.15, 0.2) is 29.2 Å². The zero-order valence-electron chi connectivity index (χ0n) is 12.9. The zero-order valence-corrected chi connectivity index (χ0v) is 13.7. The molecule has 1 aliphatic carbocycles. The maximum absolute atomic E-state index is 12.0. The Kier molecular flexibility index (Phi) is 5.97. The van der Waals surface area contributed by atoms with E-state index >= 15 is 0 Å². The molecular formula is C16H23NO4S. The number of nitrogens with one attached hydrogen (secondary N) is 1. The van der Waals surface area contributed by atoms with Gasteiger partial charge in [0.15, 0.2) is 0 Å². The highest BCUT2D eigenvalue weighted by Crippen LogP contribution is 2.23. The topological polar surface area (TPSA) is 72.5 Å². The fourth-order valence-corrected chi connectivity index (χ4v) is 3.54. The number of rotatable bonds is 6. The lowest BCUT2D eigenvalue weighted by Crippen LogP contribution is -2.31. The summed E-state index contributed by atoms with van der Waals surface area (Å²) in [6.07, 6.45) is 5.79. The number of esters is 1. The number of ether oxygens (including phenoxy) is 1. The van der Waals surface area contributed by atoms with Crippen molar-refractivity contribution >= 4 is 16.0 Å². The van der Waals surface area contributed by atoms with E-state index in [1.165, 1.54) is 31.4 Å². The van der Waals surface area contributed by atoms with Crippen LogP contribution in [-0.2, 0) is 19.6 Å². The molecule has 6 heteroatoms. The first-order valence-electron chi connectivity index (χ1n) is 7.69. The molecule has 22 heavy (non-hydrogen) atoms. The van der Waals surface area contributed by atoms with Crippen molar-refractivity contribution in [2.75, 3.05) is 13.2 Å². The molecule has 0 atom stereocenters. The second-order valence-electron chi connectivity index (χ2n) is 5.82. The summed E-state index contributed by atoms with van der Waals surface area (Å²) in [7, 11) is -3.67. The third-order valence-corrected chi connectivity index (χ3v) is 5.36. The molecule has 1 aromatic rings. The van der Waals surface area contributed by atoms with Crippen molar-refractivity contribution in [1.82, 2.24) is 4.72 Å². The van der Waals surface area contributed by atoms with Crippen LogP contribution in [0.4, 0.5) is 0 Å². The molecule has 5 nitrogen and oxygen atoms in total. The highest BCUT2D eigenvalue weighted by Gasteiger charge is 2.18. The molecular weight excluding hydrogens is 302 g/mol. The molecule has 0 aromatic heterocycles. The molecule has 0 aliphatic heterocycles. The fraction of sp³-hybridized carbons (Fsp3) is 0.562. The summed E-state index contributed by atoms with van der Waals surface area (Å²) in [6.45, 7) is 1.94. The standard InChI is InChI=1S/C16H23NO4S/c1-13-7-9-15(10-8-13)22(19,20)17-11-16(18)21-12-14-5-3-2-4-6-14/h7-10,14,17H,2-6,11-12H2,1H3. The third-order valence-electron chi connectivity index (χ3n) is 3.94. The lowest BCUT2D eigenvalue weighted by Gasteiger charge is -2.21. The summed E-state index contributed by atoms with van der Waals surface area (Å²) in [4.78, 5) is 11.8. The van der Waals surface area contributed by atoms with Gasteiger partial charge in [-0.1, -0.05) is 37.0 Å². The molecule has 1 N–H and O–H groups in total. The van der Waals surface area contributed by atoms with Crippen molar-refractivity contribution in [2.45, 2.75) is 43.9 Å². The quantitative estimate of drug-likeness (QED) is 0.815. The van der Waals surface area contributed by atoms with Crippen LogP contribution >= 0.6 is 0 Å². The first-order valence-corrected chi connectivity index (χ1v) is 9.17. The predicted octanol–water partition coefficient (Wildman–Crippen LogP) is 2.40. The van der Waals surface area contributed by atoms with Gasteiger partial charge in [-0.05, 0) is 37.8 Å². The molecule has 0 saturated heterocycles. The number of benzene rings is 1. The molecule has 2 rings (SSSR count). The summed E-state index contributed by atoms with van der Waals surface area (Å²) in [5.41, 5.74) is 0.978. The lowest BCUT2D eigenvalue weighted by atomic mass is 9.90. The number of sulfonamides is 1. The monoisotopic (exact) mass is 325 g/mol. The molecule has 0 bridgehead atoms. The Morgan fingerprint density at radius 1 is 1.18 bits per heavy atom.